The van der Waals surface area contributed by atoms with Gasteiger partial charge in [0.05, 0.1) is 12.2 Å². The number of carbonyl (C=O) groups is 1. The lowest BCUT2D eigenvalue weighted by Gasteiger charge is -2.22. The Kier molecular flexibility index (Phi) is 5.11. The van der Waals surface area contributed by atoms with Crippen LogP contribution in [0.4, 0.5) is 10.1 Å². The Labute approximate surface area is 131 Å². The van der Waals surface area contributed by atoms with Gasteiger partial charge in [-0.3, -0.25) is 4.79 Å². The molecular formula is C16H15FINO. The summed E-state index contributed by atoms with van der Waals surface area (Å²) in [6.45, 7) is 2.67. The third-order valence-electron chi connectivity index (χ3n) is 3.08. The molecule has 2 rings (SSSR count). The quantitative estimate of drug-likeness (QED) is 0.572. The number of rotatable bonds is 5. The fourth-order valence-corrected chi connectivity index (χ4v) is 2.34. The van der Waals surface area contributed by atoms with Crippen LogP contribution >= 0.6 is 22.6 Å². The number of hydrogen-bond acceptors (Lipinski definition) is 2. The van der Waals surface area contributed by atoms with E-state index in [4.69, 9.17) is 0 Å². The van der Waals surface area contributed by atoms with Gasteiger partial charge in [0.2, 0.25) is 0 Å². The average molecular weight is 383 g/mol. The van der Waals surface area contributed by atoms with Crippen molar-refractivity contribution in [2.24, 2.45) is 0 Å². The molecule has 0 heterocycles. The first-order valence-electron chi connectivity index (χ1n) is 6.40. The van der Waals surface area contributed by atoms with E-state index in [-0.39, 0.29) is 18.1 Å². The van der Waals surface area contributed by atoms with Crippen molar-refractivity contribution in [3.63, 3.8) is 0 Å². The minimum atomic E-state index is -0.301. The summed E-state index contributed by atoms with van der Waals surface area (Å²) in [6, 6.07) is 13.9. The first-order chi connectivity index (χ1) is 9.61. The SMILES string of the molecule is CCN(CC(=O)c1ccc(I)cc1)c1ccccc1F. The molecule has 0 N–H and O–H groups in total. The number of halogens is 2. The van der Waals surface area contributed by atoms with E-state index in [1.54, 1.807) is 35.2 Å². The normalized spacial score (nSPS) is 10.3. The monoisotopic (exact) mass is 383 g/mol. The van der Waals surface area contributed by atoms with Gasteiger partial charge in [-0.25, -0.2) is 4.39 Å². The van der Waals surface area contributed by atoms with Crippen LogP contribution in [0, 0.1) is 9.39 Å². The molecule has 2 aromatic rings. The van der Waals surface area contributed by atoms with Crippen molar-refractivity contribution in [1.82, 2.24) is 0 Å². The van der Waals surface area contributed by atoms with Crippen molar-refractivity contribution in [2.45, 2.75) is 6.92 Å². The maximum absolute atomic E-state index is 13.8. The fourth-order valence-electron chi connectivity index (χ4n) is 1.98. The number of likely N-dealkylation sites (N-methyl/N-ethyl adjacent to an activating group) is 1. The van der Waals surface area contributed by atoms with Gasteiger partial charge in [0.25, 0.3) is 0 Å². The zero-order chi connectivity index (χ0) is 14.5. The van der Waals surface area contributed by atoms with Crippen LogP contribution in [0.15, 0.2) is 48.5 Å². The lowest BCUT2D eigenvalue weighted by atomic mass is 10.1. The molecule has 2 nitrogen and oxygen atoms in total. The Bertz CT molecular complexity index is 598. The Morgan fingerprint density at radius 3 is 2.40 bits per heavy atom. The summed E-state index contributed by atoms with van der Waals surface area (Å²) in [5.41, 5.74) is 1.12. The number of nitrogens with zero attached hydrogens (tertiary/aromatic N) is 1. The number of carbonyl (C=O) groups excluding carboxylic acids is 1. The number of ketones is 1. The smallest absolute Gasteiger partial charge is 0.182 e. The first-order valence-corrected chi connectivity index (χ1v) is 7.48. The highest BCUT2D eigenvalue weighted by molar-refractivity contribution is 14.1. The number of benzene rings is 2. The van der Waals surface area contributed by atoms with E-state index in [0.29, 0.717) is 17.8 Å². The van der Waals surface area contributed by atoms with Crippen LogP contribution in [0.1, 0.15) is 17.3 Å². The molecule has 0 amide bonds. The van der Waals surface area contributed by atoms with Gasteiger partial charge in [-0.05, 0) is 53.8 Å². The van der Waals surface area contributed by atoms with Crippen molar-refractivity contribution >= 4 is 34.1 Å². The molecular weight excluding hydrogens is 368 g/mol. The summed E-state index contributed by atoms with van der Waals surface area (Å²) in [7, 11) is 0. The molecule has 4 heteroatoms. The predicted molar refractivity (Wildman–Crippen MR) is 87.8 cm³/mol. The van der Waals surface area contributed by atoms with Crippen LogP contribution in [-0.4, -0.2) is 18.9 Å². The van der Waals surface area contributed by atoms with E-state index in [1.807, 2.05) is 19.1 Å². The molecule has 2 aromatic carbocycles. The molecule has 104 valence electrons. The minimum Gasteiger partial charge on any atom is -0.362 e. The van der Waals surface area contributed by atoms with E-state index in [1.165, 1.54) is 6.07 Å². The Morgan fingerprint density at radius 1 is 1.15 bits per heavy atom. The van der Waals surface area contributed by atoms with Crippen molar-refractivity contribution in [2.75, 3.05) is 18.0 Å². The molecule has 0 aliphatic heterocycles. The molecule has 0 fully saturated rings. The standard InChI is InChI=1S/C16H15FINO/c1-2-19(15-6-4-3-5-14(15)17)11-16(20)12-7-9-13(18)10-8-12/h3-10H,2,11H2,1H3. The van der Waals surface area contributed by atoms with Crippen LogP contribution < -0.4 is 4.90 Å². The molecule has 0 aliphatic carbocycles. The Hall–Kier alpha value is -1.43. The third-order valence-corrected chi connectivity index (χ3v) is 3.79. The van der Waals surface area contributed by atoms with Gasteiger partial charge >= 0.3 is 0 Å². The number of Topliss-reactive ketones (excluding diaryl/α,β-unsaturated/α-hetero) is 1. The second kappa shape index (κ2) is 6.83. The highest BCUT2D eigenvalue weighted by Crippen LogP contribution is 2.19. The lowest BCUT2D eigenvalue weighted by molar-refractivity contribution is 0.0999. The van der Waals surface area contributed by atoms with Crippen LogP contribution in [0.2, 0.25) is 0 Å². The van der Waals surface area contributed by atoms with Crippen molar-refractivity contribution in [3.05, 3.63) is 63.5 Å². The lowest BCUT2D eigenvalue weighted by Crippen LogP contribution is -2.30. The van der Waals surface area contributed by atoms with Crippen molar-refractivity contribution < 1.29 is 9.18 Å². The Morgan fingerprint density at radius 2 is 1.80 bits per heavy atom. The summed E-state index contributed by atoms with van der Waals surface area (Å²) in [5, 5.41) is 0. The molecule has 0 radical (unpaired) electrons. The van der Waals surface area contributed by atoms with E-state index in [2.05, 4.69) is 22.6 Å². The topological polar surface area (TPSA) is 20.3 Å². The van der Waals surface area contributed by atoms with E-state index in [9.17, 15) is 9.18 Å². The highest BCUT2D eigenvalue weighted by Gasteiger charge is 2.14. The maximum atomic E-state index is 13.8. The Balaban J connectivity index is 2.16. The van der Waals surface area contributed by atoms with Crippen LogP contribution in [-0.2, 0) is 0 Å². The van der Waals surface area contributed by atoms with E-state index >= 15 is 0 Å². The molecule has 0 spiro atoms. The minimum absolute atomic E-state index is 0.00787. The number of hydrogen-bond donors (Lipinski definition) is 0. The van der Waals surface area contributed by atoms with Gasteiger partial charge in [0.1, 0.15) is 5.82 Å². The summed E-state index contributed by atoms with van der Waals surface area (Å²) in [4.78, 5) is 14.0. The zero-order valence-electron chi connectivity index (χ0n) is 11.1. The van der Waals surface area contributed by atoms with E-state index < -0.39 is 0 Å². The third kappa shape index (κ3) is 3.56. The zero-order valence-corrected chi connectivity index (χ0v) is 13.3. The molecule has 0 aliphatic rings. The fraction of sp³-hybridized carbons (Fsp3) is 0.188. The second-order valence-corrected chi connectivity index (χ2v) is 5.64. The van der Waals surface area contributed by atoms with Gasteiger partial charge in [0.15, 0.2) is 5.78 Å². The number of anilines is 1. The van der Waals surface area contributed by atoms with Crippen molar-refractivity contribution in [1.29, 1.82) is 0 Å². The summed E-state index contributed by atoms with van der Waals surface area (Å²) in [5.74, 6) is -0.309. The molecule has 0 bridgehead atoms. The van der Waals surface area contributed by atoms with Crippen LogP contribution in [0.25, 0.3) is 0 Å². The van der Waals surface area contributed by atoms with Gasteiger partial charge in [0, 0.05) is 15.7 Å². The van der Waals surface area contributed by atoms with Crippen LogP contribution in [0.3, 0.4) is 0 Å². The molecule has 0 atom stereocenters. The van der Waals surface area contributed by atoms with E-state index in [0.717, 1.165) is 3.57 Å². The number of para-hydroxylation sites is 1. The van der Waals surface area contributed by atoms with Gasteiger partial charge in [-0.2, -0.15) is 0 Å². The largest absolute Gasteiger partial charge is 0.362 e. The average Bonchev–Trinajstić information content (AvgIpc) is 2.46. The molecule has 0 unspecified atom stereocenters. The van der Waals surface area contributed by atoms with Gasteiger partial charge in [-0.15, -0.1) is 0 Å². The molecule has 0 saturated heterocycles. The molecule has 0 aromatic heterocycles. The first kappa shape index (κ1) is 15.0. The maximum Gasteiger partial charge on any atom is 0.182 e. The molecule has 20 heavy (non-hydrogen) atoms. The summed E-state index contributed by atoms with van der Waals surface area (Å²) in [6.07, 6.45) is 0. The van der Waals surface area contributed by atoms with Crippen LogP contribution in [0.5, 0.6) is 0 Å². The molecule has 0 saturated carbocycles. The second-order valence-electron chi connectivity index (χ2n) is 4.40. The summed E-state index contributed by atoms with van der Waals surface area (Å²) >= 11 is 2.20. The summed E-state index contributed by atoms with van der Waals surface area (Å²) < 4.78 is 14.9. The van der Waals surface area contributed by atoms with Gasteiger partial charge < -0.3 is 4.90 Å². The predicted octanol–water partition coefficient (Wildman–Crippen LogP) is 4.14. The van der Waals surface area contributed by atoms with Crippen molar-refractivity contribution in [3.8, 4) is 0 Å². The highest BCUT2D eigenvalue weighted by atomic mass is 127. The van der Waals surface area contributed by atoms with Gasteiger partial charge in [-0.1, -0.05) is 24.3 Å².